The lowest BCUT2D eigenvalue weighted by molar-refractivity contribution is -0.164. The summed E-state index contributed by atoms with van der Waals surface area (Å²) in [5.41, 5.74) is 0. The quantitative estimate of drug-likeness (QED) is 0.578. The molecule has 0 aromatic rings. The van der Waals surface area contributed by atoms with Gasteiger partial charge in [-0.1, -0.05) is 0 Å². The van der Waals surface area contributed by atoms with Crippen LogP contribution in [0.25, 0.3) is 0 Å². The van der Waals surface area contributed by atoms with E-state index in [4.69, 9.17) is 9.47 Å². The molecule has 5 rings (SSSR count). The molecule has 4 bridgehead atoms. The van der Waals surface area contributed by atoms with Gasteiger partial charge in [-0.05, 0) is 67.6 Å². The van der Waals surface area contributed by atoms with Crippen LogP contribution in [0.15, 0.2) is 0 Å². The van der Waals surface area contributed by atoms with Gasteiger partial charge in [-0.2, -0.15) is 0 Å². The number of cyclic esters (lactones) is 1. The van der Waals surface area contributed by atoms with Gasteiger partial charge in [0, 0.05) is 6.42 Å². The molecule has 21 heavy (non-hydrogen) atoms. The summed E-state index contributed by atoms with van der Waals surface area (Å²) in [7, 11) is 0. The molecule has 0 amide bonds. The SMILES string of the molecule is O=C1OCCC1OC(=O)C1C2CCC1C1C3CCC(C3)C21. The van der Waals surface area contributed by atoms with E-state index in [0.29, 0.717) is 24.9 Å². The van der Waals surface area contributed by atoms with E-state index in [0.717, 1.165) is 23.7 Å². The normalized spacial score (nSPS) is 53.0. The molecule has 4 heteroatoms. The van der Waals surface area contributed by atoms with Crippen molar-refractivity contribution >= 4 is 11.9 Å². The van der Waals surface area contributed by atoms with E-state index in [-0.39, 0.29) is 17.9 Å². The summed E-state index contributed by atoms with van der Waals surface area (Å²) in [4.78, 5) is 24.2. The summed E-state index contributed by atoms with van der Waals surface area (Å²) in [6, 6.07) is 0. The first kappa shape index (κ1) is 12.5. The monoisotopic (exact) mass is 290 g/mol. The highest BCUT2D eigenvalue weighted by atomic mass is 16.6. The second kappa shape index (κ2) is 4.23. The molecule has 0 aromatic carbocycles. The van der Waals surface area contributed by atoms with Crippen LogP contribution in [0.4, 0.5) is 0 Å². The third kappa shape index (κ3) is 1.56. The van der Waals surface area contributed by atoms with Gasteiger partial charge in [0.2, 0.25) is 6.10 Å². The second-order valence-corrected chi connectivity index (χ2v) is 7.80. The molecule has 1 heterocycles. The van der Waals surface area contributed by atoms with Crippen molar-refractivity contribution in [3.8, 4) is 0 Å². The van der Waals surface area contributed by atoms with E-state index >= 15 is 0 Å². The number of ether oxygens (including phenoxy) is 2. The molecule has 1 aliphatic heterocycles. The number of rotatable bonds is 2. The average Bonchev–Trinajstić information content (AvgIpc) is 3.24. The van der Waals surface area contributed by atoms with Crippen molar-refractivity contribution in [2.75, 3.05) is 6.61 Å². The van der Waals surface area contributed by atoms with Crippen LogP contribution in [0.3, 0.4) is 0 Å². The molecule has 0 N–H and O–H groups in total. The third-order valence-corrected chi connectivity index (χ3v) is 7.21. The number of fused-ring (bicyclic) bond motifs is 9. The van der Waals surface area contributed by atoms with Gasteiger partial charge in [0.15, 0.2) is 0 Å². The lowest BCUT2D eigenvalue weighted by Gasteiger charge is -2.34. The van der Waals surface area contributed by atoms with E-state index in [1.165, 1.54) is 32.1 Å². The summed E-state index contributed by atoms with van der Waals surface area (Å²) < 4.78 is 10.4. The summed E-state index contributed by atoms with van der Waals surface area (Å²) in [5, 5.41) is 0. The predicted molar refractivity (Wildman–Crippen MR) is 73.0 cm³/mol. The number of carbonyl (C=O) groups is 2. The topological polar surface area (TPSA) is 52.6 Å². The number of hydrogen-bond acceptors (Lipinski definition) is 4. The van der Waals surface area contributed by atoms with Crippen molar-refractivity contribution in [1.82, 2.24) is 0 Å². The zero-order chi connectivity index (χ0) is 14.1. The highest BCUT2D eigenvalue weighted by Gasteiger charge is 2.65. The Morgan fingerprint density at radius 2 is 1.67 bits per heavy atom. The van der Waals surface area contributed by atoms with Gasteiger partial charge in [0.05, 0.1) is 12.5 Å². The maximum Gasteiger partial charge on any atom is 0.347 e. The first-order chi connectivity index (χ1) is 10.2. The maximum atomic E-state index is 12.6. The van der Waals surface area contributed by atoms with Gasteiger partial charge in [-0.3, -0.25) is 4.79 Å². The fraction of sp³-hybridized carbons (Fsp3) is 0.882. The van der Waals surface area contributed by atoms with Crippen LogP contribution in [0.1, 0.15) is 38.5 Å². The van der Waals surface area contributed by atoms with Gasteiger partial charge < -0.3 is 9.47 Å². The van der Waals surface area contributed by atoms with E-state index in [1.54, 1.807) is 0 Å². The first-order valence-corrected chi connectivity index (χ1v) is 8.61. The fourth-order valence-electron chi connectivity index (χ4n) is 6.73. The average molecular weight is 290 g/mol. The number of hydrogen-bond donors (Lipinski definition) is 0. The van der Waals surface area contributed by atoms with E-state index < -0.39 is 6.10 Å². The Morgan fingerprint density at radius 3 is 2.24 bits per heavy atom. The minimum atomic E-state index is -0.630. The van der Waals surface area contributed by atoms with Crippen molar-refractivity contribution in [1.29, 1.82) is 0 Å². The molecule has 0 radical (unpaired) electrons. The molecule has 0 aromatic heterocycles. The van der Waals surface area contributed by atoms with Crippen LogP contribution >= 0.6 is 0 Å². The largest absolute Gasteiger partial charge is 0.463 e. The lowest BCUT2D eigenvalue weighted by atomic mass is 9.71. The number of esters is 2. The zero-order valence-electron chi connectivity index (χ0n) is 12.2. The molecule has 5 fully saturated rings. The Kier molecular flexibility index (Phi) is 2.52. The molecule has 1 saturated heterocycles. The van der Waals surface area contributed by atoms with Crippen molar-refractivity contribution in [2.45, 2.75) is 44.6 Å². The predicted octanol–water partition coefficient (Wildman–Crippen LogP) is 2.16. The standard InChI is InChI=1S/C17H22O4/c18-16-12(5-6-20-16)21-17(19)15-10-3-4-11(15)14-9-2-1-8(7-9)13(10)14/h8-15H,1-7H2. The molecule has 114 valence electrons. The lowest BCUT2D eigenvalue weighted by Crippen LogP contribution is -2.30. The van der Waals surface area contributed by atoms with Crippen LogP contribution in [-0.4, -0.2) is 24.6 Å². The zero-order valence-corrected chi connectivity index (χ0v) is 12.2. The fourth-order valence-corrected chi connectivity index (χ4v) is 6.73. The van der Waals surface area contributed by atoms with E-state index in [2.05, 4.69) is 0 Å². The first-order valence-electron chi connectivity index (χ1n) is 8.61. The second-order valence-electron chi connectivity index (χ2n) is 7.80. The van der Waals surface area contributed by atoms with E-state index in [1.807, 2.05) is 0 Å². The van der Waals surface area contributed by atoms with Gasteiger partial charge in [0.25, 0.3) is 0 Å². The Bertz CT molecular complexity index is 477. The molecule has 4 aliphatic carbocycles. The summed E-state index contributed by atoms with van der Waals surface area (Å²) in [5.74, 6) is 4.04. The van der Waals surface area contributed by atoms with Crippen molar-refractivity contribution in [3.63, 3.8) is 0 Å². The molecule has 7 atom stereocenters. The highest BCUT2D eigenvalue weighted by Crippen LogP contribution is 2.69. The minimum absolute atomic E-state index is 0.0804. The Labute approximate surface area is 124 Å². The summed E-state index contributed by atoms with van der Waals surface area (Å²) in [6.07, 6.45) is 6.48. The molecule has 4 saturated carbocycles. The molecule has 7 unspecified atom stereocenters. The maximum absolute atomic E-state index is 12.6. The van der Waals surface area contributed by atoms with Gasteiger partial charge >= 0.3 is 11.9 Å². The van der Waals surface area contributed by atoms with Gasteiger partial charge in [-0.25, -0.2) is 4.79 Å². The van der Waals surface area contributed by atoms with Crippen molar-refractivity contribution in [3.05, 3.63) is 0 Å². The highest BCUT2D eigenvalue weighted by molar-refractivity contribution is 5.82. The van der Waals surface area contributed by atoms with Crippen LogP contribution in [-0.2, 0) is 19.1 Å². The van der Waals surface area contributed by atoms with Gasteiger partial charge in [0.1, 0.15) is 0 Å². The Balaban J connectivity index is 1.36. The van der Waals surface area contributed by atoms with Crippen LogP contribution in [0.2, 0.25) is 0 Å². The minimum Gasteiger partial charge on any atom is -0.463 e. The van der Waals surface area contributed by atoms with Crippen molar-refractivity contribution in [2.24, 2.45) is 41.4 Å². The van der Waals surface area contributed by atoms with Crippen molar-refractivity contribution < 1.29 is 19.1 Å². The van der Waals surface area contributed by atoms with E-state index in [9.17, 15) is 9.59 Å². The molecular formula is C17H22O4. The van der Waals surface area contributed by atoms with Gasteiger partial charge in [-0.15, -0.1) is 0 Å². The van der Waals surface area contributed by atoms with Crippen LogP contribution in [0, 0.1) is 41.4 Å². The Hall–Kier alpha value is -1.06. The number of carbonyl (C=O) groups excluding carboxylic acids is 2. The Morgan fingerprint density at radius 1 is 1.00 bits per heavy atom. The molecule has 5 aliphatic rings. The summed E-state index contributed by atoms with van der Waals surface area (Å²) >= 11 is 0. The molecule has 0 spiro atoms. The smallest absolute Gasteiger partial charge is 0.347 e. The van der Waals surface area contributed by atoms with Crippen LogP contribution in [0.5, 0.6) is 0 Å². The summed E-state index contributed by atoms with van der Waals surface area (Å²) in [6.45, 7) is 0.393. The molecule has 4 nitrogen and oxygen atoms in total. The van der Waals surface area contributed by atoms with Crippen LogP contribution < -0.4 is 0 Å². The third-order valence-electron chi connectivity index (χ3n) is 7.21. The molecular weight excluding hydrogens is 268 g/mol.